The molecule has 10 heteroatoms. The molecule has 170 valence electrons. The summed E-state index contributed by atoms with van der Waals surface area (Å²) in [4.78, 5) is 6.78. The third-order valence-corrected chi connectivity index (χ3v) is 9.70. The highest BCUT2D eigenvalue weighted by Crippen LogP contribution is 2.29. The van der Waals surface area contributed by atoms with Gasteiger partial charge in [0.05, 0.1) is 30.2 Å². The fourth-order valence-corrected chi connectivity index (χ4v) is 8.04. The third-order valence-electron chi connectivity index (χ3n) is 5.97. The van der Waals surface area contributed by atoms with E-state index in [0.717, 1.165) is 30.6 Å². The average Bonchev–Trinajstić information content (AvgIpc) is 3.10. The van der Waals surface area contributed by atoms with E-state index in [-0.39, 0.29) is 22.9 Å². The molecule has 1 aromatic heterocycles. The van der Waals surface area contributed by atoms with Gasteiger partial charge in [-0.1, -0.05) is 12.1 Å². The molecule has 1 unspecified atom stereocenters. The number of aryl methyl sites for hydroxylation is 1. The van der Waals surface area contributed by atoms with Crippen molar-refractivity contribution in [3.05, 3.63) is 36.0 Å². The fourth-order valence-electron chi connectivity index (χ4n) is 4.35. The summed E-state index contributed by atoms with van der Waals surface area (Å²) in [6.45, 7) is 5.97. The molecule has 8 nitrogen and oxygen atoms in total. The normalized spacial score (nSPS) is 22.3. The molecule has 1 atom stereocenters. The van der Waals surface area contributed by atoms with Crippen molar-refractivity contribution in [1.29, 1.82) is 0 Å². The van der Waals surface area contributed by atoms with Gasteiger partial charge in [0.2, 0.25) is 10.0 Å². The topological polar surface area (TPSA) is 96.9 Å². The van der Waals surface area contributed by atoms with E-state index in [0.29, 0.717) is 31.6 Å². The highest BCUT2D eigenvalue weighted by molar-refractivity contribution is 7.92. The second-order valence-corrected chi connectivity index (χ2v) is 12.4. The Morgan fingerprint density at radius 2 is 2.03 bits per heavy atom. The number of sulfonamides is 1. The Morgan fingerprint density at radius 3 is 2.74 bits per heavy atom. The van der Waals surface area contributed by atoms with Crippen LogP contribution in [0.15, 0.2) is 35.4 Å². The van der Waals surface area contributed by atoms with Crippen LogP contribution in [0.1, 0.15) is 18.4 Å². The molecule has 2 aliphatic rings. The first kappa shape index (κ1) is 22.6. The summed E-state index contributed by atoms with van der Waals surface area (Å²) in [7, 11) is -7.14. The SMILES string of the molecule is Cc1cnc2c(S(=O)(=O)N(CCCN3CCOCC3)C3CCS(=O)(=O)C3)cccc2c1. The van der Waals surface area contributed by atoms with E-state index in [1.54, 1.807) is 18.3 Å². The number of fused-ring (bicyclic) bond motifs is 1. The van der Waals surface area contributed by atoms with Crippen molar-refractivity contribution in [1.82, 2.24) is 14.2 Å². The van der Waals surface area contributed by atoms with E-state index in [2.05, 4.69) is 9.88 Å². The van der Waals surface area contributed by atoms with Crippen molar-refractivity contribution in [2.75, 3.05) is 50.9 Å². The van der Waals surface area contributed by atoms with Gasteiger partial charge in [0, 0.05) is 37.3 Å². The van der Waals surface area contributed by atoms with E-state index < -0.39 is 25.9 Å². The number of nitrogens with zero attached hydrogens (tertiary/aromatic N) is 3. The highest BCUT2D eigenvalue weighted by Gasteiger charge is 2.39. The van der Waals surface area contributed by atoms with Gasteiger partial charge in [-0.2, -0.15) is 4.31 Å². The van der Waals surface area contributed by atoms with Gasteiger partial charge in [-0.15, -0.1) is 0 Å². The van der Waals surface area contributed by atoms with Crippen molar-refractivity contribution >= 4 is 30.8 Å². The maximum Gasteiger partial charge on any atom is 0.245 e. The van der Waals surface area contributed by atoms with Crippen LogP contribution in [0, 0.1) is 6.92 Å². The molecule has 3 heterocycles. The number of ether oxygens (including phenoxy) is 1. The average molecular weight is 468 g/mol. The van der Waals surface area contributed by atoms with E-state index >= 15 is 0 Å². The highest BCUT2D eigenvalue weighted by atomic mass is 32.2. The number of pyridine rings is 1. The van der Waals surface area contributed by atoms with Gasteiger partial charge in [-0.3, -0.25) is 9.88 Å². The van der Waals surface area contributed by atoms with Gasteiger partial charge < -0.3 is 4.74 Å². The van der Waals surface area contributed by atoms with Gasteiger partial charge in [0.25, 0.3) is 0 Å². The van der Waals surface area contributed by atoms with Crippen molar-refractivity contribution in [3.63, 3.8) is 0 Å². The quantitative estimate of drug-likeness (QED) is 0.608. The van der Waals surface area contributed by atoms with Crippen molar-refractivity contribution in [3.8, 4) is 0 Å². The van der Waals surface area contributed by atoms with E-state index in [1.807, 2.05) is 19.1 Å². The van der Waals surface area contributed by atoms with Crippen LogP contribution in [0.25, 0.3) is 10.9 Å². The standard InChI is InChI=1S/C21H29N3O5S2/c1-17-14-18-4-2-5-20(21(18)22-15-17)31(27,28)24(19-6-13-30(25,26)16-19)8-3-7-23-9-11-29-12-10-23/h2,4-5,14-15,19H,3,6-13,16H2,1H3. The molecule has 1 aromatic carbocycles. The molecule has 4 rings (SSSR count). The molecule has 0 spiro atoms. The predicted octanol–water partition coefficient (Wildman–Crippen LogP) is 1.44. The molecular weight excluding hydrogens is 438 g/mol. The Labute approximate surface area is 184 Å². The number of benzene rings is 1. The Kier molecular flexibility index (Phi) is 6.64. The van der Waals surface area contributed by atoms with Crippen LogP contribution >= 0.6 is 0 Å². The molecule has 0 radical (unpaired) electrons. The second-order valence-electron chi connectivity index (χ2n) is 8.32. The lowest BCUT2D eigenvalue weighted by Gasteiger charge is -2.30. The van der Waals surface area contributed by atoms with Crippen LogP contribution in [0.3, 0.4) is 0 Å². The van der Waals surface area contributed by atoms with Crippen LogP contribution in [0.5, 0.6) is 0 Å². The molecule has 31 heavy (non-hydrogen) atoms. The fraction of sp³-hybridized carbons (Fsp3) is 0.571. The number of hydrogen-bond acceptors (Lipinski definition) is 7. The van der Waals surface area contributed by atoms with Crippen LogP contribution < -0.4 is 0 Å². The molecular formula is C21H29N3O5S2. The number of morpholine rings is 1. The number of aromatic nitrogens is 1. The van der Waals surface area contributed by atoms with Gasteiger partial charge in [0.1, 0.15) is 4.90 Å². The summed E-state index contributed by atoms with van der Waals surface area (Å²) in [5.74, 6) is -0.0960. The summed E-state index contributed by atoms with van der Waals surface area (Å²) in [6, 6.07) is 6.49. The largest absolute Gasteiger partial charge is 0.379 e. The molecule has 0 saturated carbocycles. The minimum atomic E-state index is -3.91. The Hall–Kier alpha value is -1.59. The Morgan fingerprint density at radius 1 is 1.26 bits per heavy atom. The smallest absolute Gasteiger partial charge is 0.245 e. The van der Waals surface area contributed by atoms with Gasteiger partial charge in [-0.25, -0.2) is 16.8 Å². The molecule has 0 amide bonds. The van der Waals surface area contributed by atoms with Crippen molar-refractivity contribution < 1.29 is 21.6 Å². The number of rotatable bonds is 7. The van der Waals surface area contributed by atoms with Crippen molar-refractivity contribution in [2.45, 2.75) is 30.7 Å². The van der Waals surface area contributed by atoms with Crippen LogP contribution in [0.4, 0.5) is 0 Å². The lowest BCUT2D eigenvalue weighted by atomic mass is 10.2. The molecule has 2 fully saturated rings. The zero-order valence-electron chi connectivity index (χ0n) is 17.7. The summed E-state index contributed by atoms with van der Waals surface area (Å²) in [6.07, 6.45) is 2.62. The van der Waals surface area contributed by atoms with Crippen LogP contribution in [0.2, 0.25) is 0 Å². The monoisotopic (exact) mass is 467 g/mol. The van der Waals surface area contributed by atoms with E-state index in [9.17, 15) is 16.8 Å². The number of sulfone groups is 1. The van der Waals surface area contributed by atoms with Gasteiger partial charge in [-0.05, 0) is 44.0 Å². The maximum absolute atomic E-state index is 13.8. The minimum absolute atomic E-state index is 0.0279. The first-order valence-electron chi connectivity index (χ1n) is 10.6. The number of para-hydroxylation sites is 1. The molecule has 2 aliphatic heterocycles. The molecule has 2 saturated heterocycles. The molecule has 0 N–H and O–H groups in total. The van der Waals surface area contributed by atoms with E-state index in [4.69, 9.17) is 4.74 Å². The molecule has 0 bridgehead atoms. The number of hydrogen-bond donors (Lipinski definition) is 0. The van der Waals surface area contributed by atoms with Crippen LogP contribution in [-0.4, -0.2) is 88.0 Å². The third kappa shape index (κ3) is 5.09. The molecule has 0 aliphatic carbocycles. The van der Waals surface area contributed by atoms with Gasteiger partial charge >= 0.3 is 0 Å². The van der Waals surface area contributed by atoms with Crippen molar-refractivity contribution in [2.24, 2.45) is 0 Å². The zero-order chi connectivity index (χ0) is 22.1. The first-order valence-corrected chi connectivity index (χ1v) is 13.9. The maximum atomic E-state index is 13.8. The summed E-state index contributed by atoms with van der Waals surface area (Å²) in [5, 5.41) is 0.758. The lowest BCUT2D eigenvalue weighted by molar-refractivity contribution is 0.0367. The summed E-state index contributed by atoms with van der Waals surface area (Å²) >= 11 is 0. The van der Waals surface area contributed by atoms with E-state index in [1.165, 1.54) is 4.31 Å². The zero-order valence-corrected chi connectivity index (χ0v) is 19.4. The Balaban J connectivity index is 1.63. The molecule has 2 aromatic rings. The summed E-state index contributed by atoms with van der Waals surface area (Å²) < 4.78 is 58.6. The Bertz CT molecular complexity index is 1140. The summed E-state index contributed by atoms with van der Waals surface area (Å²) in [5.41, 5.74) is 1.37. The van der Waals surface area contributed by atoms with Gasteiger partial charge in [0.15, 0.2) is 9.84 Å². The lowest BCUT2D eigenvalue weighted by Crippen LogP contribution is -2.43. The van der Waals surface area contributed by atoms with Crippen LogP contribution in [-0.2, 0) is 24.6 Å². The minimum Gasteiger partial charge on any atom is -0.379 e. The predicted molar refractivity (Wildman–Crippen MR) is 119 cm³/mol. The first-order chi connectivity index (χ1) is 14.8. The second kappa shape index (κ2) is 9.11.